The molecule has 0 amide bonds. The van der Waals surface area contributed by atoms with Crippen molar-refractivity contribution in [3.8, 4) is 0 Å². The second-order valence-corrected chi connectivity index (χ2v) is 5.65. The van der Waals surface area contributed by atoms with Crippen molar-refractivity contribution in [3.05, 3.63) is 17.8 Å². The summed E-state index contributed by atoms with van der Waals surface area (Å²) in [4.78, 5) is 17.2. The summed E-state index contributed by atoms with van der Waals surface area (Å²) in [7, 11) is 4.19. The molecule has 0 aliphatic heterocycles. The summed E-state index contributed by atoms with van der Waals surface area (Å²) < 4.78 is 0. The smallest absolute Gasteiger partial charge is 0.337 e. The van der Waals surface area contributed by atoms with Crippen LogP contribution in [0.3, 0.4) is 0 Å². The molecule has 20 heavy (non-hydrogen) atoms. The lowest BCUT2D eigenvalue weighted by Gasteiger charge is -2.36. The van der Waals surface area contributed by atoms with Gasteiger partial charge in [0.15, 0.2) is 0 Å². The van der Waals surface area contributed by atoms with Gasteiger partial charge < -0.3 is 21.1 Å². The Hall–Kier alpha value is -1.82. The third-order valence-electron chi connectivity index (χ3n) is 4.23. The van der Waals surface area contributed by atoms with Crippen molar-refractivity contribution in [1.29, 1.82) is 0 Å². The molecule has 1 aliphatic rings. The molecule has 1 saturated carbocycles. The molecule has 0 radical (unpaired) electrons. The van der Waals surface area contributed by atoms with Crippen LogP contribution in [-0.4, -0.2) is 47.1 Å². The first-order valence-electron chi connectivity index (χ1n) is 6.85. The van der Waals surface area contributed by atoms with E-state index < -0.39 is 5.97 Å². The third kappa shape index (κ3) is 2.85. The summed E-state index contributed by atoms with van der Waals surface area (Å²) in [5, 5.41) is 12.2. The van der Waals surface area contributed by atoms with E-state index in [2.05, 4.69) is 29.3 Å². The Bertz CT molecular complexity index is 496. The van der Waals surface area contributed by atoms with Crippen molar-refractivity contribution in [2.45, 2.75) is 31.2 Å². The Morgan fingerprint density at radius 1 is 1.50 bits per heavy atom. The number of aromatic nitrogens is 1. The Kier molecular flexibility index (Phi) is 4.13. The van der Waals surface area contributed by atoms with Crippen LogP contribution in [0.2, 0.25) is 0 Å². The summed E-state index contributed by atoms with van der Waals surface area (Å²) in [5.74, 6) is -0.459. The highest BCUT2D eigenvalue weighted by atomic mass is 16.4. The highest BCUT2D eigenvalue weighted by molar-refractivity contribution is 5.89. The van der Waals surface area contributed by atoms with Crippen LogP contribution in [0.4, 0.5) is 11.5 Å². The predicted molar refractivity (Wildman–Crippen MR) is 79.0 cm³/mol. The molecule has 0 saturated heterocycles. The fourth-order valence-corrected chi connectivity index (χ4v) is 2.81. The molecule has 1 fully saturated rings. The first kappa shape index (κ1) is 14.6. The number of nitrogens with one attached hydrogen (secondary N) is 1. The standard InChI is InChI=1S/C14H22N4O2/c1-18(2)14(5-3-4-6-14)9-17-12-11(15)7-10(8-16-12)13(19)20/h7-8H,3-6,9,15H2,1-2H3,(H,16,17)(H,19,20). The number of anilines is 2. The number of hydrogen-bond donors (Lipinski definition) is 3. The minimum atomic E-state index is -1.02. The van der Waals surface area contributed by atoms with Gasteiger partial charge >= 0.3 is 5.97 Å². The molecule has 0 aromatic carbocycles. The summed E-state index contributed by atoms with van der Waals surface area (Å²) in [6.07, 6.45) is 6.11. The minimum Gasteiger partial charge on any atom is -0.478 e. The molecule has 0 atom stereocenters. The first-order chi connectivity index (χ1) is 9.44. The largest absolute Gasteiger partial charge is 0.478 e. The van der Waals surface area contributed by atoms with Crippen molar-refractivity contribution in [3.63, 3.8) is 0 Å². The zero-order valence-corrected chi connectivity index (χ0v) is 12.0. The lowest BCUT2D eigenvalue weighted by molar-refractivity contribution is 0.0696. The number of aromatic carboxylic acids is 1. The number of carboxylic acids is 1. The van der Waals surface area contributed by atoms with Gasteiger partial charge in [-0.15, -0.1) is 0 Å². The molecule has 1 aliphatic carbocycles. The van der Waals surface area contributed by atoms with Crippen molar-refractivity contribution in [2.75, 3.05) is 31.7 Å². The Balaban J connectivity index is 2.09. The SMILES string of the molecule is CN(C)C1(CNc2ncc(C(=O)O)cc2N)CCCC1. The van der Waals surface area contributed by atoms with Gasteiger partial charge in [-0.2, -0.15) is 0 Å². The zero-order valence-electron chi connectivity index (χ0n) is 12.0. The predicted octanol–water partition coefficient (Wildman–Crippen LogP) is 1.65. The van der Waals surface area contributed by atoms with E-state index in [9.17, 15) is 4.79 Å². The molecule has 1 heterocycles. The van der Waals surface area contributed by atoms with Crippen LogP contribution in [-0.2, 0) is 0 Å². The quantitative estimate of drug-likeness (QED) is 0.758. The maximum Gasteiger partial charge on any atom is 0.337 e. The number of carbonyl (C=O) groups is 1. The number of nitrogen functional groups attached to an aromatic ring is 1. The topological polar surface area (TPSA) is 91.5 Å². The van der Waals surface area contributed by atoms with E-state index in [1.54, 1.807) is 0 Å². The molecule has 4 N–H and O–H groups in total. The van der Waals surface area contributed by atoms with Gasteiger partial charge in [0.05, 0.1) is 11.3 Å². The number of pyridine rings is 1. The number of hydrogen-bond acceptors (Lipinski definition) is 5. The molecule has 6 heteroatoms. The maximum atomic E-state index is 10.8. The fraction of sp³-hybridized carbons (Fsp3) is 0.571. The first-order valence-corrected chi connectivity index (χ1v) is 6.85. The zero-order chi connectivity index (χ0) is 14.8. The van der Waals surface area contributed by atoms with Gasteiger partial charge in [-0.05, 0) is 33.0 Å². The van der Waals surface area contributed by atoms with Crippen molar-refractivity contribution in [1.82, 2.24) is 9.88 Å². The van der Waals surface area contributed by atoms with Crippen LogP contribution < -0.4 is 11.1 Å². The average Bonchev–Trinajstić information content (AvgIpc) is 2.87. The van der Waals surface area contributed by atoms with Crippen LogP contribution in [0.1, 0.15) is 36.0 Å². The number of rotatable bonds is 5. The Morgan fingerprint density at radius 3 is 2.65 bits per heavy atom. The van der Waals surface area contributed by atoms with E-state index in [-0.39, 0.29) is 11.1 Å². The van der Waals surface area contributed by atoms with Gasteiger partial charge in [-0.1, -0.05) is 12.8 Å². The minimum absolute atomic E-state index is 0.108. The van der Waals surface area contributed by atoms with Crippen molar-refractivity contribution in [2.24, 2.45) is 0 Å². The number of nitrogens with two attached hydrogens (primary N) is 1. The van der Waals surface area contributed by atoms with Crippen LogP contribution in [0.15, 0.2) is 12.3 Å². The molecular weight excluding hydrogens is 256 g/mol. The summed E-state index contributed by atoms with van der Waals surface area (Å²) >= 11 is 0. The maximum absolute atomic E-state index is 10.8. The van der Waals surface area contributed by atoms with E-state index in [4.69, 9.17) is 10.8 Å². The lowest BCUT2D eigenvalue weighted by Crippen LogP contribution is -2.47. The van der Waals surface area contributed by atoms with E-state index in [0.29, 0.717) is 11.5 Å². The van der Waals surface area contributed by atoms with Crippen LogP contribution in [0.5, 0.6) is 0 Å². The number of nitrogens with zero attached hydrogens (tertiary/aromatic N) is 2. The van der Waals surface area contributed by atoms with Gasteiger partial charge in [-0.3, -0.25) is 0 Å². The monoisotopic (exact) mass is 278 g/mol. The van der Waals surface area contributed by atoms with Gasteiger partial charge in [-0.25, -0.2) is 9.78 Å². The summed E-state index contributed by atoms with van der Waals surface area (Å²) in [6.45, 7) is 0.767. The molecule has 0 spiro atoms. The third-order valence-corrected chi connectivity index (χ3v) is 4.23. The average molecular weight is 278 g/mol. The van der Waals surface area contributed by atoms with Crippen LogP contribution in [0, 0.1) is 0 Å². The van der Waals surface area contributed by atoms with Crippen molar-refractivity contribution >= 4 is 17.5 Å². The highest BCUT2D eigenvalue weighted by Crippen LogP contribution is 2.34. The lowest BCUT2D eigenvalue weighted by atomic mass is 9.96. The fourth-order valence-electron chi connectivity index (χ4n) is 2.81. The van der Waals surface area contributed by atoms with Gasteiger partial charge in [0.2, 0.25) is 0 Å². The second kappa shape index (κ2) is 5.66. The second-order valence-electron chi connectivity index (χ2n) is 5.65. The van der Waals surface area contributed by atoms with Gasteiger partial charge in [0, 0.05) is 18.3 Å². The van der Waals surface area contributed by atoms with E-state index in [1.807, 2.05) is 0 Å². The molecular formula is C14H22N4O2. The Morgan fingerprint density at radius 2 is 2.15 bits per heavy atom. The van der Waals surface area contributed by atoms with Gasteiger partial charge in [0.1, 0.15) is 5.82 Å². The van der Waals surface area contributed by atoms with Crippen LogP contribution in [0.25, 0.3) is 0 Å². The normalized spacial score (nSPS) is 17.4. The molecule has 0 bridgehead atoms. The molecule has 0 unspecified atom stereocenters. The van der Waals surface area contributed by atoms with E-state index in [0.717, 1.165) is 19.4 Å². The number of likely N-dealkylation sites (N-methyl/N-ethyl adjacent to an activating group) is 1. The van der Waals surface area contributed by atoms with Crippen LogP contribution >= 0.6 is 0 Å². The summed E-state index contributed by atoms with van der Waals surface area (Å²) in [5.41, 5.74) is 6.48. The van der Waals surface area contributed by atoms with E-state index >= 15 is 0 Å². The molecule has 1 aromatic rings. The molecule has 2 rings (SSSR count). The molecule has 110 valence electrons. The molecule has 1 aromatic heterocycles. The highest BCUT2D eigenvalue weighted by Gasteiger charge is 2.35. The van der Waals surface area contributed by atoms with Crippen molar-refractivity contribution < 1.29 is 9.90 Å². The molecule has 6 nitrogen and oxygen atoms in total. The number of carboxylic acid groups (broad SMARTS) is 1. The van der Waals surface area contributed by atoms with E-state index in [1.165, 1.54) is 25.1 Å². The van der Waals surface area contributed by atoms with Gasteiger partial charge in [0.25, 0.3) is 0 Å². The summed E-state index contributed by atoms with van der Waals surface area (Å²) in [6, 6.07) is 1.44. The Labute approximate surface area is 119 Å².